The first-order chi connectivity index (χ1) is 4.61. The largest absolute Gasteiger partial charge is 0.238 e. The molecule has 1 rings (SSSR count). The van der Waals surface area contributed by atoms with Gasteiger partial charge in [0.1, 0.15) is 11.0 Å². The highest BCUT2D eigenvalue weighted by molar-refractivity contribution is 6.29. The molecule has 0 N–H and O–H groups in total. The van der Waals surface area contributed by atoms with E-state index in [2.05, 4.69) is 4.98 Å². The maximum Gasteiger partial charge on any atom is 0.147 e. The molecule has 0 amide bonds. The van der Waals surface area contributed by atoms with Crippen LogP contribution in [0.15, 0.2) is 6.07 Å². The van der Waals surface area contributed by atoms with Gasteiger partial charge < -0.3 is 0 Å². The van der Waals surface area contributed by atoms with Crippen LogP contribution in [0, 0.1) is 19.7 Å². The van der Waals surface area contributed by atoms with E-state index in [4.69, 9.17) is 11.6 Å². The summed E-state index contributed by atoms with van der Waals surface area (Å²) in [6.45, 7) is 3.25. The number of hydrogen-bond acceptors (Lipinski definition) is 1. The lowest BCUT2D eigenvalue weighted by atomic mass is 10.2. The number of aromatic nitrogens is 1. The Kier molecular flexibility index (Phi) is 1.90. The van der Waals surface area contributed by atoms with Crippen molar-refractivity contribution in [3.05, 3.63) is 28.3 Å². The topological polar surface area (TPSA) is 12.9 Å². The fourth-order valence-electron chi connectivity index (χ4n) is 0.769. The van der Waals surface area contributed by atoms with E-state index in [0.717, 1.165) is 0 Å². The molecule has 1 aromatic rings. The highest BCUT2D eigenvalue weighted by Crippen LogP contribution is 2.13. The summed E-state index contributed by atoms with van der Waals surface area (Å²) in [4.78, 5) is 3.72. The molecule has 0 aliphatic carbocycles. The van der Waals surface area contributed by atoms with E-state index in [1.807, 2.05) is 0 Å². The number of aryl methyl sites for hydroxylation is 2. The summed E-state index contributed by atoms with van der Waals surface area (Å²) < 4.78 is 12.8. The minimum absolute atomic E-state index is 0.274. The van der Waals surface area contributed by atoms with Crippen molar-refractivity contribution in [1.29, 1.82) is 0 Å². The molecule has 10 heavy (non-hydrogen) atoms. The molecular formula is C7H7ClFN. The van der Waals surface area contributed by atoms with E-state index in [1.165, 1.54) is 6.07 Å². The Morgan fingerprint density at radius 1 is 1.50 bits per heavy atom. The minimum Gasteiger partial charge on any atom is -0.238 e. The predicted octanol–water partition coefficient (Wildman–Crippen LogP) is 2.49. The molecule has 1 heterocycles. The molecule has 0 saturated heterocycles. The van der Waals surface area contributed by atoms with Crippen molar-refractivity contribution < 1.29 is 4.39 Å². The summed E-state index contributed by atoms with van der Waals surface area (Å²) in [7, 11) is 0. The van der Waals surface area contributed by atoms with Crippen LogP contribution in [-0.4, -0.2) is 4.98 Å². The summed E-state index contributed by atoms with van der Waals surface area (Å²) in [5.74, 6) is -0.274. The van der Waals surface area contributed by atoms with Gasteiger partial charge in [-0.3, -0.25) is 0 Å². The van der Waals surface area contributed by atoms with Gasteiger partial charge in [0.2, 0.25) is 0 Å². The zero-order valence-electron chi connectivity index (χ0n) is 5.78. The number of halogens is 2. The van der Waals surface area contributed by atoms with Gasteiger partial charge >= 0.3 is 0 Å². The van der Waals surface area contributed by atoms with Gasteiger partial charge in [-0.25, -0.2) is 9.37 Å². The van der Waals surface area contributed by atoms with Crippen LogP contribution in [0.5, 0.6) is 0 Å². The number of nitrogens with zero attached hydrogens (tertiary/aromatic N) is 1. The van der Waals surface area contributed by atoms with Gasteiger partial charge in [-0.15, -0.1) is 0 Å². The lowest BCUT2D eigenvalue weighted by molar-refractivity contribution is 0.600. The Balaban J connectivity index is 3.31. The molecule has 0 atom stereocenters. The summed E-state index contributed by atoms with van der Waals surface area (Å²) in [5, 5.41) is 0.344. The van der Waals surface area contributed by atoms with Gasteiger partial charge in [0.05, 0.1) is 5.69 Å². The Bertz CT molecular complexity index is 237. The highest BCUT2D eigenvalue weighted by Gasteiger charge is 2.02. The van der Waals surface area contributed by atoms with Crippen molar-refractivity contribution in [3.63, 3.8) is 0 Å². The number of rotatable bonds is 0. The molecule has 1 nitrogen and oxygen atoms in total. The SMILES string of the molecule is Cc1cc(Cl)nc(C)c1F. The maximum atomic E-state index is 12.8. The molecule has 54 valence electrons. The lowest BCUT2D eigenvalue weighted by Gasteiger charge is -1.98. The minimum atomic E-state index is -0.274. The molecule has 1 aromatic heterocycles. The molecule has 0 saturated carbocycles. The normalized spacial score (nSPS) is 10.0. The van der Waals surface area contributed by atoms with Crippen LogP contribution < -0.4 is 0 Å². The van der Waals surface area contributed by atoms with Crippen LogP contribution >= 0.6 is 11.6 Å². The van der Waals surface area contributed by atoms with E-state index >= 15 is 0 Å². The van der Waals surface area contributed by atoms with Crippen molar-refractivity contribution in [3.8, 4) is 0 Å². The Morgan fingerprint density at radius 3 is 2.60 bits per heavy atom. The van der Waals surface area contributed by atoms with Crippen molar-refractivity contribution in [2.45, 2.75) is 13.8 Å². The van der Waals surface area contributed by atoms with E-state index in [0.29, 0.717) is 16.4 Å². The maximum absolute atomic E-state index is 12.8. The van der Waals surface area contributed by atoms with Gasteiger partial charge in [0.25, 0.3) is 0 Å². The number of pyridine rings is 1. The average molecular weight is 160 g/mol. The Hall–Kier alpha value is -0.630. The van der Waals surface area contributed by atoms with Crippen molar-refractivity contribution in [1.82, 2.24) is 4.98 Å². The highest BCUT2D eigenvalue weighted by atomic mass is 35.5. The summed E-state index contributed by atoms with van der Waals surface area (Å²) in [6.07, 6.45) is 0. The van der Waals surface area contributed by atoms with Crippen LogP contribution in [0.3, 0.4) is 0 Å². The molecule has 3 heteroatoms. The fraction of sp³-hybridized carbons (Fsp3) is 0.286. The first-order valence-corrected chi connectivity index (χ1v) is 3.28. The van der Waals surface area contributed by atoms with Gasteiger partial charge in [0.15, 0.2) is 0 Å². The van der Waals surface area contributed by atoms with Crippen LogP contribution in [0.4, 0.5) is 4.39 Å². The van der Waals surface area contributed by atoms with Crippen LogP contribution in [0.25, 0.3) is 0 Å². The van der Waals surface area contributed by atoms with Crippen molar-refractivity contribution in [2.75, 3.05) is 0 Å². The van der Waals surface area contributed by atoms with Gasteiger partial charge in [0, 0.05) is 0 Å². The Morgan fingerprint density at radius 2 is 2.10 bits per heavy atom. The molecule has 0 fully saturated rings. The van der Waals surface area contributed by atoms with Crippen LogP contribution in [-0.2, 0) is 0 Å². The molecule has 0 aromatic carbocycles. The molecule has 0 radical (unpaired) electrons. The second-order valence-electron chi connectivity index (χ2n) is 2.16. The first kappa shape index (κ1) is 7.48. The zero-order valence-corrected chi connectivity index (χ0v) is 6.54. The summed E-state index contributed by atoms with van der Waals surface area (Å²) >= 11 is 5.54. The fourth-order valence-corrected chi connectivity index (χ4v) is 1.06. The van der Waals surface area contributed by atoms with Crippen molar-refractivity contribution >= 4 is 11.6 Å². The number of hydrogen-bond donors (Lipinski definition) is 0. The van der Waals surface area contributed by atoms with E-state index in [1.54, 1.807) is 13.8 Å². The van der Waals surface area contributed by atoms with Crippen molar-refractivity contribution in [2.24, 2.45) is 0 Å². The summed E-state index contributed by atoms with van der Waals surface area (Å²) in [5.41, 5.74) is 0.891. The summed E-state index contributed by atoms with van der Waals surface area (Å²) in [6, 6.07) is 1.50. The molecule has 0 aliphatic heterocycles. The molecule has 0 unspecified atom stereocenters. The monoisotopic (exact) mass is 159 g/mol. The smallest absolute Gasteiger partial charge is 0.147 e. The van der Waals surface area contributed by atoms with E-state index < -0.39 is 0 Å². The van der Waals surface area contributed by atoms with Gasteiger partial charge in [-0.05, 0) is 25.5 Å². The molecule has 0 spiro atoms. The van der Waals surface area contributed by atoms with E-state index in [9.17, 15) is 4.39 Å². The predicted molar refractivity (Wildman–Crippen MR) is 38.7 cm³/mol. The second-order valence-corrected chi connectivity index (χ2v) is 2.55. The third kappa shape index (κ3) is 1.27. The van der Waals surface area contributed by atoms with Gasteiger partial charge in [-0.2, -0.15) is 0 Å². The zero-order chi connectivity index (χ0) is 7.72. The lowest BCUT2D eigenvalue weighted by Crippen LogP contribution is -1.91. The second kappa shape index (κ2) is 2.54. The third-order valence-electron chi connectivity index (χ3n) is 1.27. The quantitative estimate of drug-likeness (QED) is 0.530. The van der Waals surface area contributed by atoms with Gasteiger partial charge in [-0.1, -0.05) is 11.6 Å². The third-order valence-corrected chi connectivity index (χ3v) is 1.47. The molecule has 0 aliphatic rings. The van der Waals surface area contributed by atoms with E-state index in [-0.39, 0.29) is 5.82 Å². The molecular weight excluding hydrogens is 153 g/mol. The average Bonchev–Trinajstić information content (AvgIpc) is 1.82. The van der Waals surface area contributed by atoms with Crippen LogP contribution in [0.1, 0.15) is 11.3 Å². The standard InChI is InChI=1S/C7H7ClFN/c1-4-3-6(8)10-5(2)7(4)9/h3H,1-2H3. The Labute approximate surface area is 63.8 Å². The first-order valence-electron chi connectivity index (χ1n) is 2.90. The molecule has 0 bridgehead atoms. The van der Waals surface area contributed by atoms with Crippen LogP contribution in [0.2, 0.25) is 5.15 Å².